The number of amides is 1. The molecule has 0 radical (unpaired) electrons. The van der Waals surface area contributed by atoms with Gasteiger partial charge in [-0.05, 0) is 65.7 Å². The molecule has 1 saturated heterocycles. The van der Waals surface area contributed by atoms with Crippen LogP contribution in [0.1, 0.15) is 23.7 Å². The third-order valence-electron chi connectivity index (χ3n) is 5.04. The largest absolute Gasteiger partial charge is 0.346 e. The summed E-state index contributed by atoms with van der Waals surface area (Å²) >= 11 is 3.52. The zero-order valence-corrected chi connectivity index (χ0v) is 17.5. The molecular weight excluding hydrogens is 447 g/mol. The van der Waals surface area contributed by atoms with E-state index in [4.69, 9.17) is 0 Å². The van der Waals surface area contributed by atoms with Crippen LogP contribution >= 0.6 is 15.9 Å². The Labute approximate surface area is 170 Å². The number of rotatable bonds is 3. The summed E-state index contributed by atoms with van der Waals surface area (Å²) in [4.78, 5) is 12.8. The maximum Gasteiger partial charge on any atom is 0.251 e. The van der Waals surface area contributed by atoms with Gasteiger partial charge in [0, 0.05) is 27.3 Å². The monoisotopic (exact) mass is 464 g/mol. The van der Waals surface area contributed by atoms with E-state index in [1.807, 2.05) is 16.8 Å². The lowest BCUT2D eigenvalue weighted by Crippen LogP contribution is -2.46. The van der Waals surface area contributed by atoms with E-state index >= 15 is 0 Å². The van der Waals surface area contributed by atoms with Crippen molar-refractivity contribution in [2.24, 2.45) is 0 Å². The van der Waals surface area contributed by atoms with Gasteiger partial charge in [0.2, 0.25) is 0 Å². The van der Waals surface area contributed by atoms with Crippen LogP contribution in [0.3, 0.4) is 0 Å². The van der Waals surface area contributed by atoms with Crippen LogP contribution in [-0.4, -0.2) is 35.9 Å². The minimum absolute atomic E-state index is 0.0501. The van der Waals surface area contributed by atoms with E-state index in [0.29, 0.717) is 12.0 Å². The van der Waals surface area contributed by atoms with E-state index in [0.717, 1.165) is 21.1 Å². The average molecular weight is 465 g/mol. The van der Waals surface area contributed by atoms with Crippen LogP contribution in [0.25, 0.3) is 16.6 Å². The van der Waals surface area contributed by atoms with Crippen LogP contribution in [0.2, 0.25) is 0 Å². The first kappa shape index (κ1) is 19.1. The standard InChI is InChI=1S/C20H18BrFN2O3S/c1-20(8-9-28(26,27)12-20)23-19(25)13-2-7-16-17(21)11-24(18(16)10-13)15-5-3-14(22)4-6-15/h2-7,10-11H,8-9,12H2,1H3,(H,23,25). The van der Waals surface area contributed by atoms with Crippen molar-refractivity contribution in [3.05, 3.63) is 64.5 Å². The maximum atomic E-state index is 13.3. The Hall–Kier alpha value is -2.19. The van der Waals surface area contributed by atoms with Crippen molar-refractivity contribution in [2.75, 3.05) is 11.5 Å². The minimum Gasteiger partial charge on any atom is -0.346 e. The molecule has 1 unspecified atom stereocenters. The van der Waals surface area contributed by atoms with Crippen molar-refractivity contribution in [2.45, 2.75) is 18.9 Å². The highest BCUT2D eigenvalue weighted by Crippen LogP contribution is 2.30. The fourth-order valence-corrected chi connectivity index (χ4v) is 6.23. The number of carbonyl (C=O) groups excluding carboxylic acids is 1. The lowest BCUT2D eigenvalue weighted by Gasteiger charge is -2.24. The predicted octanol–water partition coefficient (Wildman–Crippen LogP) is 3.84. The average Bonchev–Trinajstić information content (AvgIpc) is 3.11. The van der Waals surface area contributed by atoms with E-state index in [2.05, 4.69) is 21.2 Å². The van der Waals surface area contributed by atoms with Crippen LogP contribution in [0.15, 0.2) is 53.1 Å². The Balaban J connectivity index is 1.70. The number of nitrogens with zero attached hydrogens (tertiary/aromatic N) is 1. The molecule has 2 heterocycles. The van der Waals surface area contributed by atoms with Crippen molar-refractivity contribution in [3.8, 4) is 5.69 Å². The number of hydrogen-bond acceptors (Lipinski definition) is 3. The first-order valence-electron chi connectivity index (χ1n) is 8.75. The van der Waals surface area contributed by atoms with Gasteiger partial charge in [-0.2, -0.15) is 0 Å². The number of halogens is 2. The van der Waals surface area contributed by atoms with Crippen LogP contribution in [0, 0.1) is 5.82 Å². The van der Waals surface area contributed by atoms with E-state index < -0.39 is 15.4 Å². The summed E-state index contributed by atoms with van der Waals surface area (Å²) in [6.07, 6.45) is 2.27. The molecule has 1 aliphatic rings. The SMILES string of the molecule is CC1(NC(=O)c2ccc3c(Br)cn(-c4ccc(F)cc4)c3c2)CCS(=O)(=O)C1. The quantitative estimate of drug-likeness (QED) is 0.639. The third kappa shape index (κ3) is 3.58. The molecule has 2 aromatic carbocycles. The molecule has 146 valence electrons. The second-order valence-corrected chi connectivity index (χ2v) is 10.5. The molecule has 1 aromatic heterocycles. The Morgan fingerprint density at radius 3 is 2.57 bits per heavy atom. The molecule has 0 saturated carbocycles. The summed E-state index contributed by atoms with van der Waals surface area (Å²) in [6, 6.07) is 11.4. The first-order chi connectivity index (χ1) is 13.2. The summed E-state index contributed by atoms with van der Waals surface area (Å²) in [6.45, 7) is 1.76. The van der Waals surface area contributed by atoms with Crippen molar-refractivity contribution in [1.82, 2.24) is 9.88 Å². The second kappa shape index (κ2) is 6.70. The molecule has 0 spiro atoms. The lowest BCUT2D eigenvalue weighted by atomic mass is 10.0. The van der Waals surface area contributed by atoms with Gasteiger partial charge in [-0.3, -0.25) is 4.79 Å². The number of hydrogen-bond donors (Lipinski definition) is 1. The topological polar surface area (TPSA) is 68.2 Å². The molecule has 28 heavy (non-hydrogen) atoms. The van der Waals surface area contributed by atoms with Crippen molar-refractivity contribution in [1.29, 1.82) is 0 Å². The van der Waals surface area contributed by atoms with Gasteiger partial charge in [0.15, 0.2) is 9.84 Å². The van der Waals surface area contributed by atoms with Gasteiger partial charge in [0.05, 0.1) is 22.6 Å². The zero-order valence-electron chi connectivity index (χ0n) is 15.1. The highest BCUT2D eigenvalue weighted by molar-refractivity contribution is 9.10. The van der Waals surface area contributed by atoms with Gasteiger partial charge in [0.25, 0.3) is 5.91 Å². The molecule has 1 fully saturated rings. The summed E-state index contributed by atoms with van der Waals surface area (Å²) in [5, 5.41) is 3.79. The fraction of sp³-hybridized carbons (Fsp3) is 0.250. The molecule has 3 aromatic rings. The molecule has 4 rings (SSSR count). The predicted molar refractivity (Wildman–Crippen MR) is 110 cm³/mol. The van der Waals surface area contributed by atoms with E-state index in [1.54, 1.807) is 31.2 Å². The van der Waals surface area contributed by atoms with Crippen molar-refractivity contribution in [3.63, 3.8) is 0 Å². The number of carbonyl (C=O) groups is 1. The number of nitrogens with one attached hydrogen (secondary N) is 1. The molecular formula is C20H18BrFN2O3S. The molecule has 1 amide bonds. The highest BCUT2D eigenvalue weighted by Gasteiger charge is 2.39. The second-order valence-electron chi connectivity index (χ2n) is 7.41. The zero-order chi connectivity index (χ0) is 20.1. The van der Waals surface area contributed by atoms with Gasteiger partial charge < -0.3 is 9.88 Å². The maximum absolute atomic E-state index is 13.3. The summed E-state index contributed by atoms with van der Waals surface area (Å²) in [5.41, 5.74) is 1.23. The van der Waals surface area contributed by atoms with Gasteiger partial charge >= 0.3 is 0 Å². The Bertz CT molecular complexity index is 1190. The van der Waals surface area contributed by atoms with Crippen molar-refractivity contribution >= 4 is 42.6 Å². The molecule has 1 atom stereocenters. The Morgan fingerprint density at radius 1 is 1.21 bits per heavy atom. The van der Waals surface area contributed by atoms with Crippen molar-refractivity contribution < 1.29 is 17.6 Å². The molecule has 1 aliphatic heterocycles. The van der Waals surface area contributed by atoms with Gasteiger partial charge in [-0.25, -0.2) is 12.8 Å². The van der Waals surface area contributed by atoms with E-state index in [1.165, 1.54) is 12.1 Å². The number of sulfone groups is 1. The van der Waals surface area contributed by atoms with Crippen LogP contribution in [0.4, 0.5) is 4.39 Å². The van der Waals surface area contributed by atoms with Crippen LogP contribution < -0.4 is 5.32 Å². The number of aromatic nitrogens is 1. The molecule has 0 bridgehead atoms. The highest BCUT2D eigenvalue weighted by atomic mass is 79.9. The number of benzene rings is 2. The molecule has 5 nitrogen and oxygen atoms in total. The van der Waals surface area contributed by atoms with Crippen LogP contribution in [0.5, 0.6) is 0 Å². The third-order valence-corrected chi connectivity index (χ3v) is 7.58. The van der Waals surface area contributed by atoms with Crippen LogP contribution in [-0.2, 0) is 9.84 Å². The minimum atomic E-state index is -3.12. The van der Waals surface area contributed by atoms with Gasteiger partial charge in [-0.15, -0.1) is 0 Å². The first-order valence-corrected chi connectivity index (χ1v) is 11.4. The van der Waals surface area contributed by atoms with E-state index in [-0.39, 0.29) is 23.2 Å². The molecule has 1 N–H and O–H groups in total. The lowest BCUT2D eigenvalue weighted by molar-refractivity contribution is 0.0915. The smallest absolute Gasteiger partial charge is 0.251 e. The van der Waals surface area contributed by atoms with Gasteiger partial charge in [-0.1, -0.05) is 6.07 Å². The Morgan fingerprint density at radius 2 is 1.93 bits per heavy atom. The summed E-state index contributed by atoms with van der Waals surface area (Å²) in [7, 11) is -3.12. The Kier molecular flexibility index (Phi) is 4.58. The number of fused-ring (bicyclic) bond motifs is 1. The summed E-state index contributed by atoms with van der Waals surface area (Å²) < 4.78 is 39.5. The fourth-order valence-electron chi connectivity index (χ4n) is 3.60. The van der Waals surface area contributed by atoms with E-state index in [9.17, 15) is 17.6 Å². The molecule has 8 heteroatoms. The summed E-state index contributed by atoms with van der Waals surface area (Å²) in [5.74, 6) is -0.599. The van der Waals surface area contributed by atoms with Gasteiger partial charge in [0.1, 0.15) is 5.82 Å². The molecule has 0 aliphatic carbocycles. The normalized spacial score (nSPS) is 21.1.